The van der Waals surface area contributed by atoms with Crippen LogP contribution in [0.15, 0.2) is 41.4 Å². The third-order valence-corrected chi connectivity index (χ3v) is 8.29. The fourth-order valence-corrected chi connectivity index (χ4v) is 6.74. The van der Waals surface area contributed by atoms with Gasteiger partial charge in [0.1, 0.15) is 42.9 Å². The maximum Gasteiger partial charge on any atom is 0.338 e. The molecular weight excluding hydrogens is 532 g/mol. The van der Waals surface area contributed by atoms with Crippen molar-refractivity contribution in [1.82, 2.24) is 0 Å². The average molecular weight is 563 g/mol. The van der Waals surface area contributed by atoms with Crippen molar-refractivity contribution >= 4 is 28.2 Å². The monoisotopic (exact) mass is 562 g/mol. The second kappa shape index (κ2) is 9.93. The van der Waals surface area contributed by atoms with Crippen molar-refractivity contribution in [3.05, 3.63) is 47.0 Å². The first-order chi connectivity index (χ1) is 17.4. The van der Waals surface area contributed by atoms with Gasteiger partial charge in [-0.05, 0) is 35.9 Å². The second-order valence-corrected chi connectivity index (χ2v) is 11.5. The number of hydrogen-bond acceptors (Lipinski definition) is 8. The molecule has 6 saturated heterocycles. The third kappa shape index (κ3) is 4.59. The summed E-state index contributed by atoms with van der Waals surface area (Å²) < 4.78 is 39.0. The SMILES string of the molecule is C=C(Br)C[C@@H](CC[C@@]12C[C@H]3O[C@H]4C(O1)[C@H]1O[C@@H](CC=O)CCC1O[C@H]4[C@H]3O2)OC(=O)c1ccccc1. The summed E-state index contributed by atoms with van der Waals surface area (Å²) in [6, 6.07) is 8.96. The van der Waals surface area contributed by atoms with E-state index in [-0.39, 0.29) is 54.8 Å². The van der Waals surface area contributed by atoms with Gasteiger partial charge in [0.25, 0.3) is 0 Å². The highest BCUT2D eigenvalue weighted by Gasteiger charge is 2.68. The molecule has 7 rings (SSSR count). The maximum atomic E-state index is 12.7. The van der Waals surface area contributed by atoms with Gasteiger partial charge in [-0.1, -0.05) is 40.7 Å². The van der Waals surface area contributed by atoms with Crippen LogP contribution in [0.3, 0.4) is 0 Å². The van der Waals surface area contributed by atoms with Gasteiger partial charge >= 0.3 is 5.97 Å². The zero-order chi connectivity index (χ0) is 24.9. The first-order valence-electron chi connectivity index (χ1n) is 12.8. The Morgan fingerprint density at radius 1 is 1.06 bits per heavy atom. The summed E-state index contributed by atoms with van der Waals surface area (Å²) in [6.07, 6.45) is 3.01. The van der Waals surface area contributed by atoms with Gasteiger partial charge in [-0.15, -0.1) is 0 Å². The van der Waals surface area contributed by atoms with E-state index in [9.17, 15) is 9.59 Å². The van der Waals surface area contributed by atoms with Crippen LogP contribution in [-0.2, 0) is 33.2 Å². The first-order valence-corrected chi connectivity index (χ1v) is 13.6. The zero-order valence-corrected chi connectivity index (χ0v) is 21.5. The molecule has 0 radical (unpaired) electrons. The van der Waals surface area contributed by atoms with Crippen LogP contribution in [0.5, 0.6) is 0 Å². The molecule has 0 spiro atoms. The van der Waals surface area contributed by atoms with E-state index in [0.717, 1.165) is 23.6 Å². The highest BCUT2D eigenvalue weighted by Crippen LogP contribution is 2.54. The van der Waals surface area contributed by atoms with Crippen LogP contribution in [0.25, 0.3) is 0 Å². The third-order valence-electron chi connectivity index (χ3n) is 7.97. The Hall–Kier alpha value is -1.62. The fourth-order valence-electron chi connectivity index (χ4n) is 6.38. The Kier molecular flexibility index (Phi) is 6.81. The van der Waals surface area contributed by atoms with E-state index in [0.29, 0.717) is 37.7 Å². The van der Waals surface area contributed by atoms with Crippen molar-refractivity contribution in [3.8, 4) is 0 Å². The van der Waals surface area contributed by atoms with Crippen molar-refractivity contribution in [1.29, 1.82) is 0 Å². The Bertz CT molecular complexity index is 1000. The second-order valence-electron chi connectivity index (χ2n) is 10.4. The molecule has 0 aliphatic carbocycles. The molecule has 1 aromatic rings. The number of aldehydes is 1. The first kappa shape index (κ1) is 24.7. The van der Waals surface area contributed by atoms with Crippen molar-refractivity contribution in [2.24, 2.45) is 0 Å². The lowest BCUT2D eigenvalue weighted by atomic mass is 9.87. The molecule has 0 amide bonds. The van der Waals surface area contributed by atoms with E-state index >= 15 is 0 Å². The van der Waals surface area contributed by atoms with E-state index in [1.807, 2.05) is 18.2 Å². The summed E-state index contributed by atoms with van der Waals surface area (Å²) in [7, 11) is 0. The number of carbonyl (C=O) groups is 2. The van der Waals surface area contributed by atoms with Crippen LogP contribution >= 0.6 is 15.9 Å². The topological polar surface area (TPSA) is 89.5 Å². The normalized spacial score (nSPS) is 40.8. The number of halogens is 1. The number of benzene rings is 1. The lowest BCUT2D eigenvalue weighted by Gasteiger charge is -2.47. The Labute approximate surface area is 218 Å². The molecule has 6 heterocycles. The molecule has 8 nitrogen and oxygen atoms in total. The number of carbonyl (C=O) groups excluding carboxylic acids is 2. The molecule has 10 atom stereocenters. The van der Waals surface area contributed by atoms with Gasteiger partial charge in [0.05, 0.1) is 23.9 Å². The summed E-state index contributed by atoms with van der Waals surface area (Å²) in [6.45, 7) is 3.94. The van der Waals surface area contributed by atoms with Gasteiger partial charge in [-0.3, -0.25) is 0 Å². The summed E-state index contributed by atoms with van der Waals surface area (Å²) in [4.78, 5) is 23.8. The Morgan fingerprint density at radius 3 is 2.58 bits per heavy atom. The van der Waals surface area contributed by atoms with E-state index in [4.69, 9.17) is 28.4 Å². The molecule has 6 fully saturated rings. The van der Waals surface area contributed by atoms with E-state index in [2.05, 4.69) is 22.5 Å². The molecule has 0 N–H and O–H groups in total. The molecule has 6 aliphatic rings. The number of esters is 1. The van der Waals surface area contributed by atoms with Gasteiger partial charge in [0.2, 0.25) is 0 Å². The highest BCUT2D eigenvalue weighted by atomic mass is 79.9. The molecule has 194 valence electrons. The average Bonchev–Trinajstić information content (AvgIpc) is 3.28. The summed E-state index contributed by atoms with van der Waals surface area (Å²) in [5.74, 6) is -1.23. The largest absolute Gasteiger partial charge is 0.458 e. The van der Waals surface area contributed by atoms with Crippen LogP contribution < -0.4 is 0 Å². The predicted octanol–water partition coefficient (Wildman–Crippen LogP) is 3.85. The minimum absolute atomic E-state index is 0.0993. The van der Waals surface area contributed by atoms with E-state index in [1.54, 1.807) is 12.1 Å². The molecule has 6 aliphatic heterocycles. The fraction of sp³-hybridized carbons (Fsp3) is 0.630. The van der Waals surface area contributed by atoms with Crippen molar-refractivity contribution < 1.29 is 38.0 Å². The van der Waals surface area contributed by atoms with Gasteiger partial charge in [-0.2, -0.15) is 0 Å². The van der Waals surface area contributed by atoms with Crippen LogP contribution in [-0.4, -0.2) is 73.0 Å². The van der Waals surface area contributed by atoms with Gasteiger partial charge < -0.3 is 33.2 Å². The van der Waals surface area contributed by atoms with Gasteiger partial charge in [-0.25, -0.2) is 4.79 Å². The molecule has 6 bridgehead atoms. The summed E-state index contributed by atoms with van der Waals surface area (Å²) in [5.41, 5.74) is 0.509. The minimum Gasteiger partial charge on any atom is -0.458 e. The van der Waals surface area contributed by atoms with Crippen LogP contribution in [0.2, 0.25) is 0 Å². The molecule has 36 heavy (non-hydrogen) atoms. The molecule has 9 heteroatoms. The summed E-state index contributed by atoms with van der Waals surface area (Å²) >= 11 is 3.42. The van der Waals surface area contributed by atoms with Crippen LogP contribution in [0.4, 0.5) is 0 Å². The van der Waals surface area contributed by atoms with Crippen molar-refractivity contribution in [2.75, 3.05) is 0 Å². The molecule has 0 aromatic heterocycles. The molecule has 1 aromatic carbocycles. The number of ether oxygens (including phenoxy) is 6. The zero-order valence-electron chi connectivity index (χ0n) is 20.0. The quantitative estimate of drug-likeness (QED) is 0.331. The number of rotatable bonds is 9. The summed E-state index contributed by atoms with van der Waals surface area (Å²) in [5, 5.41) is 0. The lowest BCUT2D eigenvalue weighted by molar-refractivity contribution is -0.292. The minimum atomic E-state index is -0.867. The predicted molar refractivity (Wildman–Crippen MR) is 131 cm³/mol. The lowest BCUT2D eigenvalue weighted by Crippen LogP contribution is -2.61. The highest BCUT2D eigenvalue weighted by molar-refractivity contribution is 9.11. The Balaban J connectivity index is 1.18. The smallest absolute Gasteiger partial charge is 0.338 e. The molecular formula is C27H31BrO8. The van der Waals surface area contributed by atoms with E-state index in [1.165, 1.54) is 0 Å². The van der Waals surface area contributed by atoms with Crippen molar-refractivity contribution in [2.45, 2.75) is 106 Å². The van der Waals surface area contributed by atoms with E-state index < -0.39 is 11.9 Å². The molecule has 0 saturated carbocycles. The standard InChI is InChI=1S/C27H31BrO8/c1-15(28)13-18(32-26(30)16-5-3-2-4-6-16)9-11-27-14-20-22(35-27)23-24(34-20)25(36-27)21-19(33-23)8-7-17(31-21)10-12-29/h2-6,12,17-25H,1,7-11,13-14H2/t17-,18-,19?,20-,21+,22+,23+,24-,25?,27+/m1/s1. The van der Waals surface area contributed by atoms with Crippen LogP contribution in [0, 0.1) is 0 Å². The van der Waals surface area contributed by atoms with Crippen molar-refractivity contribution in [3.63, 3.8) is 0 Å². The Morgan fingerprint density at radius 2 is 1.81 bits per heavy atom. The number of hydrogen-bond donors (Lipinski definition) is 0. The van der Waals surface area contributed by atoms with Gasteiger partial charge in [0.15, 0.2) is 5.79 Å². The maximum absolute atomic E-state index is 12.7. The van der Waals surface area contributed by atoms with Crippen LogP contribution in [0.1, 0.15) is 55.3 Å². The molecule has 2 unspecified atom stereocenters. The number of fused-ring (bicyclic) bond motifs is 1. The van der Waals surface area contributed by atoms with Gasteiger partial charge in [0, 0.05) is 25.7 Å².